The van der Waals surface area contributed by atoms with E-state index in [-0.39, 0.29) is 5.82 Å². The van der Waals surface area contributed by atoms with Crippen LogP contribution in [0.15, 0.2) is 18.2 Å². The second kappa shape index (κ2) is 7.12. The largest absolute Gasteiger partial charge is 0.493 e. The highest BCUT2D eigenvalue weighted by atomic mass is 79.9. The van der Waals surface area contributed by atoms with E-state index in [0.717, 1.165) is 17.1 Å². The quantitative estimate of drug-likeness (QED) is 0.582. The topological polar surface area (TPSA) is 9.23 Å². The van der Waals surface area contributed by atoms with Gasteiger partial charge in [-0.1, -0.05) is 22.9 Å². The SMILES string of the molecule is CCSCCOc1cc(F)cc(CBr)c1. The smallest absolute Gasteiger partial charge is 0.127 e. The molecule has 0 aliphatic heterocycles. The van der Waals surface area contributed by atoms with Crippen molar-refractivity contribution in [3.8, 4) is 5.75 Å². The summed E-state index contributed by atoms with van der Waals surface area (Å²) in [6.07, 6.45) is 0. The first-order valence-electron chi connectivity index (χ1n) is 4.82. The average Bonchev–Trinajstić information content (AvgIpc) is 2.23. The minimum Gasteiger partial charge on any atom is -0.493 e. The summed E-state index contributed by atoms with van der Waals surface area (Å²) in [6.45, 7) is 2.74. The van der Waals surface area contributed by atoms with Gasteiger partial charge < -0.3 is 4.74 Å². The Kier molecular flexibility index (Phi) is 6.10. The average molecular weight is 293 g/mol. The second-order valence-electron chi connectivity index (χ2n) is 2.97. The molecule has 0 N–H and O–H groups in total. The molecule has 0 heterocycles. The maximum absolute atomic E-state index is 13.1. The highest BCUT2D eigenvalue weighted by Gasteiger charge is 2.00. The van der Waals surface area contributed by atoms with Crippen LogP contribution >= 0.6 is 27.7 Å². The van der Waals surface area contributed by atoms with Gasteiger partial charge in [0.25, 0.3) is 0 Å². The molecule has 0 unspecified atom stereocenters. The lowest BCUT2D eigenvalue weighted by Crippen LogP contribution is -2.01. The van der Waals surface area contributed by atoms with Crippen molar-refractivity contribution < 1.29 is 9.13 Å². The van der Waals surface area contributed by atoms with Gasteiger partial charge in [0.15, 0.2) is 0 Å². The molecule has 0 aliphatic rings. The fourth-order valence-corrected chi connectivity index (χ4v) is 1.96. The minimum atomic E-state index is -0.245. The van der Waals surface area contributed by atoms with Crippen molar-refractivity contribution >= 4 is 27.7 Å². The second-order valence-corrected chi connectivity index (χ2v) is 4.93. The van der Waals surface area contributed by atoms with Crippen molar-refractivity contribution in [2.45, 2.75) is 12.3 Å². The van der Waals surface area contributed by atoms with Crippen LogP contribution in [-0.4, -0.2) is 18.1 Å². The van der Waals surface area contributed by atoms with Gasteiger partial charge in [-0.15, -0.1) is 0 Å². The van der Waals surface area contributed by atoms with Gasteiger partial charge in [0.05, 0.1) is 6.61 Å². The third-order valence-corrected chi connectivity index (χ3v) is 3.30. The molecule has 0 amide bonds. The number of hydrogen-bond acceptors (Lipinski definition) is 2. The monoisotopic (exact) mass is 292 g/mol. The van der Waals surface area contributed by atoms with E-state index in [4.69, 9.17) is 4.74 Å². The van der Waals surface area contributed by atoms with Crippen LogP contribution in [0, 0.1) is 5.82 Å². The van der Waals surface area contributed by atoms with Crippen LogP contribution < -0.4 is 4.74 Å². The molecular weight excluding hydrogens is 279 g/mol. The zero-order chi connectivity index (χ0) is 11.1. The molecule has 1 nitrogen and oxygen atoms in total. The van der Waals surface area contributed by atoms with Gasteiger partial charge in [-0.05, 0) is 23.4 Å². The van der Waals surface area contributed by atoms with E-state index < -0.39 is 0 Å². The lowest BCUT2D eigenvalue weighted by Gasteiger charge is -2.07. The Balaban J connectivity index is 2.49. The zero-order valence-electron chi connectivity index (χ0n) is 8.63. The molecule has 1 aromatic carbocycles. The van der Waals surface area contributed by atoms with Crippen molar-refractivity contribution in [3.63, 3.8) is 0 Å². The number of hydrogen-bond donors (Lipinski definition) is 0. The van der Waals surface area contributed by atoms with Crippen LogP contribution in [0.5, 0.6) is 5.75 Å². The van der Waals surface area contributed by atoms with Crippen LogP contribution in [0.3, 0.4) is 0 Å². The molecule has 0 spiro atoms. The summed E-state index contributed by atoms with van der Waals surface area (Å²) in [5, 5.41) is 0.644. The first-order valence-corrected chi connectivity index (χ1v) is 7.10. The lowest BCUT2D eigenvalue weighted by atomic mass is 10.2. The van der Waals surface area contributed by atoms with Gasteiger partial charge in [0, 0.05) is 17.1 Å². The van der Waals surface area contributed by atoms with Gasteiger partial charge in [-0.25, -0.2) is 4.39 Å². The van der Waals surface area contributed by atoms with E-state index >= 15 is 0 Å². The molecule has 0 atom stereocenters. The maximum atomic E-state index is 13.1. The highest BCUT2D eigenvalue weighted by Crippen LogP contribution is 2.18. The zero-order valence-corrected chi connectivity index (χ0v) is 11.0. The van der Waals surface area contributed by atoms with Crippen LogP contribution in [-0.2, 0) is 5.33 Å². The minimum absolute atomic E-state index is 0.245. The summed E-state index contributed by atoms with van der Waals surface area (Å²) in [6, 6.07) is 4.78. The Hall–Kier alpha value is -0.220. The van der Waals surface area contributed by atoms with Gasteiger partial charge >= 0.3 is 0 Å². The van der Waals surface area contributed by atoms with E-state index in [1.54, 1.807) is 0 Å². The van der Waals surface area contributed by atoms with Crippen molar-refractivity contribution in [1.29, 1.82) is 0 Å². The van der Waals surface area contributed by atoms with Gasteiger partial charge in [0.2, 0.25) is 0 Å². The van der Waals surface area contributed by atoms with Gasteiger partial charge in [0.1, 0.15) is 11.6 Å². The van der Waals surface area contributed by atoms with E-state index in [9.17, 15) is 4.39 Å². The van der Waals surface area contributed by atoms with Crippen molar-refractivity contribution in [2.24, 2.45) is 0 Å². The van der Waals surface area contributed by atoms with Crippen molar-refractivity contribution in [2.75, 3.05) is 18.1 Å². The Labute approximate surface area is 103 Å². The normalized spacial score (nSPS) is 10.3. The summed E-state index contributed by atoms with van der Waals surface area (Å²) < 4.78 is 18.5. The fraction of sp³-hybridized carbons (Fsp3) is 0.455. The number of alkyl halides is 1. The maximum Gasteiger partial charge on any atom is 0.127 e. The molecule has 1 rings (SSSR count). The molecule has 0 aliphatic carbocycles. The van der Waals surface area contributed by atoms with Gasteiger partial charge in [-0.3, -0.25) is 0 Å². The van der Waals surface area contributed by atoms with Crippen LogP contribution in [0.2, 0.25) is 0 Å². The number of ether oxygens (including phenoxy) is 1. The lowest BCUT2D eigenvalue weighted by molar-refractivity contribution is 0.341. The molecule has 0 aromatic heterocycles. The van der Waals surface area contributed by atoms with Crippen LogP contribution in [0.4, 0.5) is 4.39 Å². The summed E-state index contributed by atoms with van der Waals surface area (Å²) in [7, 11) is 0. The summed E-state index contributed by atoms with van der Waals surface area (Å²) in [5.74, 6) is 2.39. The molecule has 0 fully saturated rings. The highest BCUT2D eigenvalue weighted by molar-refractivity contribution is 9.08. The third-order valence-electron chi connectivity index (χ3n) is 1.79. The molecule has 1 aromatic rings. The number of thioether (sulfide) groups is 1. The van der Waals surface area contributed by atoms with Crippen molar-refractivity contribution in [1.82, 2.24) is 0 Å². The Morgan fingerprint density at radius 1 is 1.40 bits per heavy atom. The summed E-state index contributed by atoms with van der Waals surface area (Å²) in [5.41, 5.74) is 0.896. The molecule has 0 saturated heterocycles. The first kappa shape index (κ1) is 12.8. The molecular formula is C11H14BrFOS. The third kappa shape index (κ3) is 4.89. The van der Waals surface area contributed by atoms with Crippen LogP contribution in [0.25, 0.3) is 0 Å². The predicted octanol–water partition coefficient (Wildman–Crippen LogP) is 3.85. The summed E-state index contributed by atoms with van der Waals surface area (Å²) in [4.78, 5) is 0. The van der Waals surface area contributed by atoms with E-state index in [0.29, 0.717) is 17.7 Å². The number of halogens is 2. The van der Waals surface area contributed by atoms with Crippen molar-refractivity contribution in [3.05, 3.63) is 29.6 Å². The van der Waals surface area contributed by atoms with E-state index in [2.05, 4.69) is 22.9 Å². The Morgan fingerprint density at radius 3 is 2.87 bits per heavy atom. The fourth-order valence-electron chi connectivity index (χ4n) is 1.14. The van der Waals surface area contributed by atoms with Gasteiger partial charge in [-0.2, -0.15) is 11.8 Å². The van der Waals surface area contributed by atoms with Crippen LogP contribution in [0.1, 0.15) is 12.5 Å². The van der Waals surface area contributed by atoms with E-state index in [1.165, 1.54) is 12.1 Å². The Morgan fingerprint density at radius 2 is 2.20 bits per heavy atom. The molecule has 0 saturated carbocycles. The molecule has 15 heavy (non-hydrogen) atoms. The summed E-state index contributed by atoms with van der Waals surface area (Å²) >= 11 is 5.11. The molecule has 0 bridgehead atoms. The standard InChI is InChI=1S/C11H14BrFOS/c1-2-15-4-3-14-11-6-9(8-12)5-10(13)7-11/h5-7H,2-4,8H2,1H3. The molecule has 0 radical (unpaired) electrons. The number of rotatable bonds is 6. The predicted molar refractivity (Wildman–Crippen MR) is 67.5 cm³/mol. The number of benzene rings is 1. The Bertz CT molecular complexity index is 307. The molecule has 4 heteroatoms. The molecule has 84 valence electrons. The first-order chi connectivity index (χ1) is 7.26. The van der Waals surface area contributed by atoms with E-state index in [1.807, 2.05) is 17.8 Å².